The lowest BCUT2D eigenvalue weighted by Gasteiger charge is -2.32. The van der Waals surface area contributed by atoms with Crippen molar-refractivity contribution in [1.29, 1.82) is 0 Å². The highest BCUT2D eigenvalue weighted by Crippen LogP contribution is 2.47. The summed E-state index contributed by atoms with van der Waals surface area (Å²) in [5, 5.41) is 2.34. The molecule has 0 spiro atoms. The van der Waals surface area contributed by atoms with Gasteiger partial charge in [-0.05, 0) is 24.2 Å². The number of rotatable bonds is 3. The molecule has 0 aliphatic heterocycles. The summed E-state index contributed by atoms with van der Waals surface area (Å²) in [5.41, 5.74) is 3.89. The molecule has 1 saturated carbocycles. The van der Waals surface area contributed by atoms with Crippen LogP contribution in [-0.4, -0.2) is 24.2 Å². The highest BCUT2D eigenvalue weighted by atomic mass is 19.4. The zero-order valence-corrected chi connectivity index (χ0v) is 10.3. The summed E-state index contributed by atoms with van der Waals surface area (Å²) < 4.78 is 36.7. The topological polar surface area (TPSA) is 55.1 Å². The van der Waals surface area contributed by atoms with Crippen molar-refractivity contribution in [2.75, 3.05) is 6.54 Å². The Balaban J connectivity index is 2.88. The van der Waals surface area contributed by atoms with Gasteiger partial charge in [-0.25, -0.2) is 0 Å². The smallest absolute Gasteiger partial charge is 0.368 e. The number of halogens is 3. The Morgan fingerprint density at radius 1 is 1.47 bits per heavy atom. The van der Waals surface area contributed by atoms with E-state index in [0.717, 1.165) is 0 Å². The van der Waals surface area contributed by atoms with Gasteiger partial charge in [-0.15, -0.1) is 0 Å². The Morgan fingerprint density at radius 2 is 2.00 bits per heavy atom. The molecule has 0 radical (unpaired) electrons. The lowest BCUT2D eigenvalue weighted by molar-refractivity contribution is -0.137. The normalized spacial score (nSPS) is 32.7. The summed E-state index contributed by atoms with van der Waals surface area (Å²) >= 11 is 0. The van der Waals surface area contributed by atoms with Crippen LogP contribution in [0.4, 0.5) is 13.2 Å². The zero-order chi connectivity index (χ0) is 13.5. The molecular weight excluding hydrogens is 233 g/mol. The van der Waals surface area contributed by atoms with Crippen LogP contribution in [0.3, 0.4) is 0 Å². The standard InChI is InChI=1S/C11H19F3N2O/c1-7-4-9(2,3)5-10(7,8(15)17)16-6-11(12,13)14/h7,16H,4-6H2,1-3H3,(H2,15,17). The Kier molecular flexibility index (Phi) is 3.49. The second-order valence-corrected chi connectivity index (χ2v) is 5.75. The van der Waals surface area contributed by atoms with Gasteiger partial charge in [-0.1, -0.05) is 20.8 Å². The number of amides is 1. The third-order valence-electron chi connectivity index (χ3n) is 3.50. The molecular formula is C11H19F3N2O. The van der Waals surface area contributed by atoms with Gasteiger partial charge in [0.15, 0.2) is 0 Å². The monoisotopic (exact) mass is 252 g/mol. The number of alkyl halides is 3. The number of carbonyl (C=O) groups excluding carboxylic acids is 1. The first-order chi connectivity index (χ1) is 7.49. The van der Waals surface area contributed by atoms with E-state index in [9.17, 15) is 18.0 Å². The minimum absolute atomic E-state index is 0.174. The predicted octanol–water partition coefficient (Wildman–Crippen LogP) is 1.82. The Labute approximate surface area is 98.9 Å². The highest BCUT2D eigenvalue weighted by molar-refractivity contribution is 5.85. The molecule has 0 aromatic heterocycles. The Hall–Kier alpha value is -0.780. The van der Waals surface area contributed by atoms with Gasteiger partial charge in [0.25, 0.3) is 0 Å². The van der Waals surface area contributed by atoms with Crippen LogP contribution in [0.2, 0.25) is 0 Å². The molecule has 0 bridgehead atoms. The van der Waals surface area contributed by atoms with Gasteiger partial charge in [0.2, 0.25) is 5.91 Å². The zero-order valence-electron chi connectivity index (χ0n) is 10.3. The molecule has 1 rings (SSSR count). The molecule has 0 saturated heterocycles. The van der Waals surface area contributed by atoms with E-state index in [0.29, 0.717) is 12.8 Å². The second-order valence-electron chi connectivity index (χ2n) is 5.75. The average Bonchev–Trinajstić information content (AvgIpc) is 2.32. The first kappa shape index (κ1) is 14.3. The molecule has 3 N–H and O–H groups in total. The van der Waals surface area contributed by atoms with E-state index in [4.69, 9.17) is 5.73 Å². The van der Waals surface area contributed by atoms with Gasteiger partial charge in [-0.3, -0.25) is 10.1 Å². The average molecular weight is 252 g/mol. The minimum Gasteiger partial charge on any atom is -0.368 e. The summed E-state index contributed by atoms with van der Waals surface area (Å²) in [7, 11) is 0. The van der Waals surface area contributed by atoms with Crippen LogP contribution in [0.5, 0.6) is 0 Å². The molecule has 2 atom stereocenters. The number of primary amides is 1. The van der Waals surface area contributed by atoms with Crippen molar-refractivity contribution in [1.82, 2.24) is 5.32 Å². The Bertz CT molecular complexity index is 314. The van der Waals surface area contributed by atoms with Crippen molar-refractivity contribution < 1.29 is 18.0 Å². The minimum atomic E-state index is -4.34. The van der Waals surface area contributed by atoms with Gasteiger partial charge in [0.1, 0.15) is 5.54 Å². The molecule has 1 aliphatic rings. The molecule has 1 fully saturated rings. The first-order valence-electron chi connectivity index (χ1n) is 5.60. The molecule has 0 aromatic rings. The molecule has 17 heavy (non-hydrogen) atoms. The van der Waals surface area contributed by atoms with Gasteiger partial charge in [-0.2, -0.15) is 13.2 Å². The van der Waals surface area contributed by atoms with E-state index in [1.165, 1.54) is 0 Å². The number of nitrogens with two attached hydrogens (primary N) is 1. The fourth-order valence-electron chi connectivity index (χ4n) is 2.92. The van der Waals surface area contributed by atoms with Crippen molar-refractivity contribution in [3.8, 4) is 0 Å². The van der Waals surface area contributed by atoms with E-state index < -0.39 is 24.2 Å². The number of nitrogens with one attached hydrogen (secondary N) is 1. The lowest BCUT2D eigenvalue weighted by Crippen LogP contribution is -2.59. The van der Waals surface area contributed by atoms with Crippen LogP contribution in [0.15, 0.2) is 0 Å². The summed E-state index contributed by atoms with van der Waals surface area (Å²) in [6.07, 6.45) is -3.32. The van der Waals surface area contributed by atoms with Gasteiger partial charge < -0.3 is 5.73 Å². The number of carbonyl (C=O) groups is 1. The van der Waals surface area contributed by atoms with Crippen LogP contribution in [-0.2, 0) is 4.79 Å². The third-order valence-corrected chi connectivity index (χ3v) is 3.50. The summed E-state index contributed by atoms with van der Waals surface area (Å²) in [6, 6.07) is 0. The van der Waals surface area contributed by atoms with Crippen LogP contribution in [0, 0.1) is 11.3 Å². The molecule has 1 amide bonds. The van der Waals surface area contributed by atoms with Crippen LogP contribution < -0.4 is 11.1 Å². The van der Waals surface area contributed by atoms with Crippen molar-refractivity contribution >= 4 is 5.91 Å². The molecule has 1 aliphatic carbocycles. The maximum absolute atomic E-state index is 12.2. The maximum atomic E-state index is 12.2. The third kappa shape index (κ3) is 3.12. The van der Waals surface area contributed by atoms with E-state index in [-0.39, 0.29) is 11.3 Å². The predicted molar refractivity (Wildman–Crippen MR) is 58.2 cm³/mol. The SMILES string of the molecule is CC1CC(C)(C)CC1(NCC(F)(F)F)C(N)=O. The summed E-state index contributed by atoms with van der Waals surface area (Å²) in [5.74, 6) is -0.892. The molecule has 0 aromatic carbocycles. The van der Waals surface area contributed by atoms with Crippen molar-refractivity contribution in [2.24, 2.45) is 17.1 Å². The van der Waals surface area contributed by atoms with Crippen molar-refractivity contribution in [3.05, 3.63) is 0 Å². The van der Waals surface area contributed by atoms with Crippen molar-refractivity contribution in [2.45, 2.75) is 45.3 Å². The van der Waals surface area contributed by atoms with E-state index in [1.54, 1.807) is 6.92 Å². The molecule has 3 nitrogen and oxygen atoms in total. The van der Waals surface area contributed by atoms with Gasteiger partial charge >= 0.3 is 6.18 Å². The summed E-state index contributed by atoms with van der Waals surface area (Å²) in [6.45, 7) is 4.45. The fraction of sp³-hybridized carbons (Fsp3) is 0.909. The van der Waals surface area contributed by atoms with Crippen LogP contribution in [0.25, 0.3) is 0 Å². The fourth-order valence-corrected chi connectivity index (χ4v) is 2.92. The molecule has 100 valence electrons. The van der Waals surface area contributed by atoms with Crippen LogP contribution >= 0.6 is 0 Å². The quantitative estimate of drug-likeness (QED) is 0.805. The van der Waals surface area contributed by atoms with Crippen LogP contribution in [0.1, 0.15) is 33.6 Å². The Morgan fingerprint density at radius 3 is 2.29 bits per heavy atom. The lowest BCUT2D eigenvalue weighted by atomic mass is 9.85. The van der Waals surface area contributed by atoms with E-state index in [1.807, 2.05) is 13.8 Å². The van der Waals surface area contributed by atoms with Crippen molar-refractivity contribution in [3.63, 3.8) is 0 Å². The van der Waals surface area contributed by atoms with E-state index >= 15 is 0 Å². The molecule has 6 heteroatoms. The first-order valence-corrected chi connectivity index (χ1v) is 5.60. The number of hydrogen-bond donors (Lipinski definition) is 2. The maximum Gasteiger partial charge on any atom is 0.401 e. The van der Waals surface area contributed by atoms with Gasteiger partial charge in [0, 0.05) is 0 Å². The molecule has 0 heterocycles. The second kappa shape index (κ2) is 4.15. The number of hydrogen-bond acceptors (Lipinski definition) is 2. The highest BCUT2D eigenvalue weighted by Gasteiger charge is 2.53. The summed E-state index contributed by atoms with van der Waals surface area (Å²) in [4.78, 5) is 11.5. The van der Waals surface area contributed by atoms with Gasteiger partial charge in [0.05, 0.1) is 6.54 Å². The largest absolute Gasteiger partial charge is 0.401 e. The molecule has 2 unspecified atom stereocenters. The van der Waals surface area contributed by atoms with E-state index in [2.05, 4.69) is 5.32 Å².